The quantitative estimate of drug-likeness (QED) is 0.525. The van der Waals surface area contributed by atoms with Crippen molar-refractivity contribution < 1.29 is 18.3 Å². The standard InChI is InChI=1S/C20H17F2N3O4/c1-12-8-9-15(14(22)10-12)23-17-16(18(26)24(2)20(28)25(17)11-21)19(27)29-13-6-4-3-5-7-13/h3-10,23H,11H2,1-2H3. The molecule has 0 aliphatic carbocycles. The molecule has 0 radical (unpaired) electrons. The van der Waals surface area contributed by atoms with Gasteiger partial charge in [0.15, 0.2) is 12.4 Å². The van der Waals surface area contributed by atoms with E-state index in [1.54, 1.807) is 31.2 Å². The average molecular weight is 401 g/mol. The van der Waals surface area contributed by atoms with Crippen molar-refractivity contribution in [1.29, 1.82) is 0 Å². The van der Waals surface area contributed by atoms with Crippen molar-refractivity contribution in [2.24, 2.45) is 7.05 Å². The number of hydrogen-bond donors (Lipinski definition) is 1. The molecule has 0 aliphatic rings. The van der Waals surface area contributed by atoms with Gasteiger partial charge in [-0.05, 0) is 36.8 Å². The fourth-order valence-electron chi connectivity index (χ4n) is 2.69. The lowest BCUT2D eigenvalue weighted by molar-refractivity contribution is 0.0732. The summed E-state index contributed by atoms with van der Waals surface area (Å²) in [7, 11) is 1.10. The lowest BCUT2D eigenvalue weighted by Crippen LogP contribution is -2.42. The summed E-state index contributed by atoms with van der Waals surface area (Å²) in [4.78, 5) is 37.6. The van der Waals surface area contributed by atoms with E-state index in [-0.39, 0.29) is 11.4 Å². The number of aryl methyl sites for hydroxylation is 1. The highest BCUT2D eigenvalue weighted by atomic mass is 19.1. The Morgan fingerprint density at radius 1 is 1.14 bits per heavy atom. The molecule has 0 saturated carbocycles. The van der Waals surface area contributed by atoms with Gasteiger partial charge in [0.25, 0.3) is 5.56 Å². The van der Waals surface area contributed by atoms with E-state index in [0.29, 0.717) is 14.7 Å². The average Bonchev–Trinajstić information content (AvgIpc) is 2.69. The Hall–Kier alpha value is -3.75. The number of halogens is 2. The van der Waals surface area contributed by atoms with Crippen molar-refractivity contribution in [2.75, 3.05) is 5.32 Å². The van der Waals surface area contributed by atoms with E-state index in [9.17, 15) is 23.2 Å². The van der Waals surface area contributed by atoms with Gasteiger partial charge in [0.1, 0.15) is 17.4 Å². The van der Waals surface area contributed by atoms with Crippen LogP contribution >= 0.6 is 0 Å². The Bertz CT molecular complexity index is 1190. The third-order valence-corrected chi connectivity index (χ3v) is 4.20. The second kappa shape index (κ2) is 8.09. The lowest BCUT2D eigenvalue weighted by atomic mass is 10.2. The van der Waals surface area contributed by atoms with Crippen molar-refractivity contribution in [3.05, 3.63) is 86.3 Å². The van der Waals surface area contributed by atoms with Crippen LogP contribution in [0.3, 0.4) is 0 Å². The SMILES string of the molecule is Cc1ccc(Nc2c(C(=O)Oc3ccccc3)c(=O)n(C)c(=O)n2CF)c(F)c1. The number of aromatic nitrogens is 2. The number of esters is 1. The Kier molecular flexibility index (Phi) is 5.58. The first kappa shape index (κ1) is 20.0. The highest BCUT2D eigenvalue weighted by molar-refractivity contribution is 5.96. The fraction of sp³-hybridized carbons (Fsp3) is 0.150. The van der Waals surface area contributed by atoms with Crippen LogP contribution in [0.2, 0.25) is 0 Å². The van der Waals surface area contributed by atoms with Crippen LogP contribution in [0.25, 0.3) is 0 Å². The van der Waals surface area contributed by atoms with Gasteiger partial charge in [-0.15, -0.1) is 0 Å². The minimum Gasteiger partial charge on any atom is -0.423 e. The van der Waals surface area contributed by atoms with Gasteiger partial charge < -0.3 is 10.1 Å². The molecule has 0 unspecified atom stereocenters. The first-order chi connectivity index (χ1) is 13.8. The molecule has 1 heterocycles. The smallest absolute Gasteiger partial charge is 0.352 e. The second-order valence-electron chi connectivity index (χ2n) is 6.23. The fourth-order valence-corrected chi connectivity index (χ4v) is 2.69. The number of carbonyl (C=O) groups excluding carboxylic acids is 1. The molecule has 0 atom stereocenters. The van der Waals surface area contributed by atoms with Crippen LogP contribution in [-0.2, 0) is 13.8 Å². The van der Waals surface area contributed by atoms with Crippen LogP contribution in [0.1, 0.15) is 15.9 Å². The molecule has 3 rings (SSSR count). The summed E-state index contributed by atoms with van der Waals surface area (Å²) in [5, 5.41) is 2.50. The van der Waals surface area contributed by atoms with Crippen molar-refractivity contribution in [3.8, 4) is 5.75 Å². The summed E-state index contributed by atoms with van der Waals surface area (Å²) >= 11 is 0. The Balaban J connectivity index is 2.18. The number of rotatable bonds is 5. The van der Waals surface area contributed by atoms with Crippen LogP contribution in [-0.4, -0.2) is 15.1 Å². The summed E-state index contributed by atoms with van der Waals surface area (Å²) in [6.45, 7) is 0.319. The number of anilines is 2. The predicted octanol–water partition coefficient (Wildman–Crippen LogP) is 2.88. The molecular weight excluding hydrogens is 384 g/mol. The van der Waals surface area contributed by atoms with E-state index in [1.807, 2.05) is 0 Å². The largest absolute Gasteiger partial charge is 0.423 e. The molecule has 0 aliphatic heterocycles. The Morgan fingerprint density at radius 2 is 1.83 bits per heavy atom. The van der Waals surface area contributed by atoms with Crippen LogP contribution in [0.15, 0.2) is 58.1 Å². The molecule has 2 aromatic carbocycles. The molecule has 0 bridgehead atoms. The van der Waals surface area contributed by atoms with E-state index < -0.39 is 41.2 Å². The van der Waals surface area contributed by atoms with Crippen LogP contribution in [0.5, 0.6) is 5.75 Å². The summed E-state index contributed by atoms with van der Waals surface area (Å²) < 4.78 is 34.2. The van der Waals surface area contributed by atoms with Gasteiger partial charge in [0.2, 0.25) is 0 Å². The number of alkyl halides is 1. The van der Waals surface area contributed by atoms with Gasteiger partial charge in [-0.3, -0.25) is 9.36 Å². The number of benzene rings is 2. The van der Waals surface area contributed by atoms with E-state index in [4.69, 9.17) is 4.74 Å². The maximum Gasteiger partial charge on any atom is 0.352 e. The summed E-state index contributed by atoms with van der Waals surface area (Å²) in [6, 6.07) is 12.0. The summed E-state index contributed by atoms with van der Waals surface area (Å²) in [6.07, 6.45) is 0. The minimum atomic E-state index is -1.35. The lowest BCUT2D eigenvalue weighted by Gasteiger charge is -2.17. The van der Waals surface area contributed by atoms with Crippen molar-refractivity contribution >= 4 is 17.5 Å². The third kappa shape index (κ3) is 3.93. The maximum atomic E-state index is 14.3. The molecular formula is C20H17F2N3O4. The zero-order valence-corrected chi connectivity index (χ0v) is 15.6. The summed E-state index contributed by atoms with van der Waals surface area (Å²) in [5.74, 6) is -2.17. The normalized spacial score (nSPS) is 10.6. The molecule has 7 nitrogen and oxygen atoms in total. The number of carbonyl (C=O) groups is 1. The van der Waals surface area contributed by atoms with Crippen molar-refractivity contribution in [2.45, 2.75) is 13.7 Å². The van der Waals surface area contributed by atoms with E-state index in [2.05, 4.69) is 5.32 Å². The molecule has 29 heavy (non-hydrogen) atoms. The highest BCUT2D eigenvalue weighted by Gasteiger charge is 2.26. The maximum absolute atomic E-state index is 14.3. The number of ether oxygens (including phenoxy) is 1. The van der Waals surface area contributed by atoms with E-state index in [1.165, 1.54) is 24.3 Å². The molecule has 3 aromatic rings. The van der Waals surface area contributed by atoms with Gasteiger partial charge in [-0.2, -0.15) is 0 Å². The third-order valence-electron chi connectivity index (χ3n) is 4.20. The van der Waals surface area contributed by atoms with Gasteiger partial charge in [0.05, 0.1) is 5.69 Å². The van der Waals surface area contributed by atoms with Gasteiger partial charge in [-0.25, -0.2) is 22.9 Å². The molecule has 0 fully saturated rings. The van der Waals surface area contributed by atoms with Crippen LogP contribution < -0.4 is 21.3 Å². The predicted molar refractivity (Wildman–Crippen MR) is 103 cm³/mol. The molecule has 1 aromatic heterocycles. The van der Waals surface area contributed by atoms with Crippen LogP contribution in [0, 0.1) is 12.7 Å². The zero-order valence-electron chi connectivity index (χ0n) is 15.6. The molecule has 0 amide bonds. The Labute approximate surface area is 163 Å². The number of para-hydroxylation sites is 1. The van der Waals surface area contributed by atoms with Gasteiger partial charge in [0, 0.05) is 7.05 Å². The molecule has 0 spiro atoms. The number of nitrogens with one attached hydrogen (secondary N) is 1. The number of nitrogens with zero attached hydrogens (tertiary/aromatic N) is 2. The first-order valence-electron chi connectivity index (χ1n) is 8.53. The molecule has 0 saturated heterocycles. The van der Waals surface area contributed by atoms with Crippen molar-refractivity contribution in [3.63, 3.8) is 0 Å². The van der Waals surface area contributed by atoms with Gasteiger partial charge in [-0.1, -0.05) is 24.3 Å². The van der Waals surface area contributed by atoms with Crippen LogP contribution in [0.4, 0.5) is 20.3 Å². The topological polar surface area (TPSA) is 82.3 Å². The number of hydrogen-bond acceptors (Lipinski definition) is 5. The van der Waals surface area contributed by atoms with Gasteiger partial charge >= 0.3 is 11.7 Å². The molecule has 150 valence electrons. The minimum absolute atomic E-state index is 0.140. The van der Waals surface area contributed by atoms with E-state index in [0.717, 1.165) is 7.05 Å². The first-order valence-corrected chi connectivity index (χ1v) is 8.53. The van der Waals surface area contributed by atoms with E-state index >= 15 is 0 Å². The monoisotopic (exact) mass is 401 g/mol. The zero-order chi connectivity index (χ0) is 21.1. The molecule has 1 N–H and O–H groups in total. The highest BCUT2D eigenvalue weighted by Crippen LogP contribution is 2.23. The van der Waals surface area contributed by atoms with Crippen molar-refractivity contribution in [1.82, 2.24) is 9.13 Å². The Morgan fingerprint density at radius 3 is 2.45 bits per heavy atom. The molecule has 9 heteroatoms. The summed E-state index contributed by atoms with van der Waals surface area (Å²) in [5.41, 5.74) is -2.16. The second-order valence-corrected chi connectivity index (χ2v) is 6.23.